The molecule has 3 N–H and O–H groups in total. The van der Waals surface area contributed by atoms with Crippen molar-refractivity contribution in [2.75, 3.05) is 0 Å². The van der Waals surface area contributed by atoms with Gasteiger partial charge in [-0.2, -0.15) is 5.10 Å². The highest BCUT2D eigenvalue weighted by molar-refractivity contribution is 6.07. The van der Waals surface area contributed by atoms with Crippen LogP contribution in [0, 0.1) is 13.8 Å². The molecule has 1 aromatic heterocycles. The van der Waals surface area contributed by atoms with Gasteiger partial charge in [-0.25, -0.2) is 10.9 Å². The second-order valence-corrected chi connectivity index (χ2v) is 8.41. The van der Waals surface area contributed by atoms with Crippen molar-refractivity contribution in [3.8, 4) is 0 Å². The summed E-state index contributed by atoms with van der Waals surface area (Å²) in [6.07, 6.45) is 2.30. The summed E-state index contributed by atoms with van der Waals surface area (Å²) < 4.78 is 5.86. The summed E-state index contributed by atoms with van der Waals surface area (Å²) in [5, 5.41) is 4.36. The predicted molar refractivity (Wildman–Crippen MR) is 112 cm³/mol. The van der Waals surface area contributed by atoms with E-state index < -0.39 is 0 Å². The van der Waals surface area contributed by atoms with Crippen molar-refractivity contribution in [3.63, 3.8) is 0 Å². The standard InChI is InChI=1S/C22H28N4O3/c1-13-8-6-9-15(12-13)20(27)24-23-16-10-7-11-17-18(16)14(2)19(29-17)21(28)25-26-22(3,4)5/h6,8-9,12,26H,7,10-11H2,1-5H3,(H,24,27)(H,25,28)/b23-16+. The first kappa shape index (κ1) is 20.8. The first-order valence-electron chi connectivity index (χ1n) is 9.79. The number of hydrazine groups is 1. The van der Waals surface area contributed by atoms with Gasteiger partial charge in [0.05, 0.1) is 5.71 Å². The largest absolute Gasteiger partial charge is 0.455 e. The molecule has 2 amide bonds. The monoisotopic (exact) mass is 396 g/mol. The Kier molecular flexibility index (Phi) is 5.88. The number of amides is 2. The van der Waals surface area contributed by atoms with Crippen molar-refractivity contribution in [1.29, 1.82) is 0 Å². The molecule has 1 heterocycles. The molecule has 1 aliphatic carbocycles. The third kappa shape index (κ3) is 4.92. The minimum absolute atomic E-state index is 0.261. The molecule has 1 aliphatic rings. The maximum Gasteiger partial charge on any atom is 0.301 e. The van der Waals surface area contributed by atoms with Gasteiger partial charge in [-0.3, -0.25) is 15.0 Å². The van der Waals surface area contributed by atoms with Gasteiger partial charge in [0.2, 0.25) is 0 Å². The number of hydrogen-bond donors (Lipinski definition) is 3. The topological polar surface area (TPSA) is 95.7 Å². The Labute approximate surface area is 170 Å². The normalized spacial score (nSPS) is 15.1. The highest BCUT2D eigenvalue weighted by Gasteiger charge is 2.28. The minimum atomic E-state index is -0.324. The number of hydrazone groups is 1. The summed E-state index contributed by atoms with van der Waals surface area (Å²) in [5.74, 6) is 0.418. The van der Waals surface area contributed by atoms with Gasteiger partial charge in [0, 0.05) is 28.7 Å². The number of nitrogens with one attached hydrogen (secondary N) is 3. The van der Waals surface area contributed by atoms with Crippen LogP contribution in [0.5, 0.6) is 0 Å². The van der Waals surface area contributed by atoms with Gasteiger partial charge in [-0.1, -0.05) is 17.7 Å². The van der Waals surface area contributed by atoms with E-state index >= 15 is 0 Å². The molecule has 2 aromatic rings. The van der Waals surface area contributed by atoms with E-state index in [0.29, 0.717) is 12.0 Å². The van der Waals surface area contributed by atoms with Gasteiger partial charge in [0.1, 0.15) is 5.76 Å². The third-order valence-corrected chi connectivity index (χ3v) is 4.66. The van der Waals surface area contributed by atoms with Gasteiger partial charge in [0.25, 0.3) is 5.91 Å². The molecule has 3 rings (SSSR count). The zero-order valence-electron chi connectivity index (χ0n) is 17.6. The van der Waals surface area contributed by atoms with E-state index in [2.05, 4.69) is 21.4 Å². The average Bonchev–Trinajstić information content (AvgIpc) is 3.01. The Morgan fingerprint density at radius 1 is 1.10 bits per heavy atom. The fourth-order valence-electron chi connectivity index (χ4n) is 3.27. The molecule has 0 atom stereocenters. The van der Waals surface area contributed by atoms with Gasteiger partial charge in [-0.15, -0.1) is 0 Å². The van der Waals surface area contributed by atoms with Crippen LogP contribution >= 0.6 is 0 Å². The SMILES string of the molecule is Cc1cccc(C(=O)N/N=C2\CCCc3oc(C(=O)NNC(C)(C)C)c(C)c32)c1. The second-order valence-electron chi connectivity index (χ2n) is 8.41. The Hall–Kier alpha value is -2.93. The van der Waals surface area contributed by atoms with Crippen molar-refractivity contribution in [2.24, 2.45) is 5.10 Å². The van der Waals surface area contributed by atoms with E-state index in [-0.39, 0.29) is 23.1 Å². The first-order valence-corrected chi connectivity index (χ1v) is 9.79. The zero-order chi connectivity index (χ0) is 21.2. The van der Waals surface area contributed by atoms with E-state index in [9.17, 15) is 9.59 Å². The van der Waals surface area contributed by atoms with Crippen LogP contribution in [0.3, 0.4) is 0 Å². The second kappa shape index (κ2) is 8.21. The molecule has 29 heavy (non-hydrogen) atoms. The Balaban J connectivity index is 1.81. The van der Waals surface area contributed by atoms with Gasteiger partial charge >= 0.3 is 5.91 Å². The predicted octanol–water partition coefficient (Wildman–Crippen LogP) is 3.40. The smallest absolute Gasteiger partial charge is 0.301 e. The number of carbonyl (C=O) groups excluding carboxylic acids is 2. The lowest BCUT2D eigenvalue weighted by Crippen LogP contribution is -2.48. The van der Waals surface area contributed by atoms with Crippen molar-refractivity contribution in [2.45, 2.75) is 59.4 Å². The highest BCUT2D eigenvalue weighted by atomic mass is 16.4. The summed E-state index contributed by atoms with van der Waals surface area (Å²) in [5.41, 5.74) is 11.9. The lowest BCUT2D eigenvalue weighted by atomic mass is 9.93. The Morgan fingerprint density at radius 3 is 2.55 bits per heavy atom. The molecule has 0 aliphatic heterocycles. The highest BCUT2D eigenvalue weighted by Crippen LogP contribution is 2.29. The number of hydrogen-bond acceptors (Lipinski definition) is 5. The molecule has 0 saturated carbocycles. The number of benzene rings is 1. The summed E-state index contributed by atoms with van der Waals surface area (Å²) >= 11 is 0. The van der Waals surface area contributed by atoms with Crippen molar-refractivity contribution in [1.82, 2.24) is 16.3 Å². The van der Waals surface area contributed by atoms with Crippen LogP contribution < -0.4 is 16.3 Å². The lowest BCUT2D eigenvalue weighted by molar-refractivity contribution is 0.0882. The maximum atomic E-state index is 12.5. The molecule has 0 spiro atoms. The number of fused-ring (bicyclic) bond motifs is 1. The van der Waals surface area contributed by atoms with Crippen LogP contribution in [-0.4, -0.2) is 23.1 Å². The quantitative estimate of drug-likeness (QED) is 0.690. The lowest BCUT2D eigenvalue weighted by Gasteiger charge is -2.20. The van der Waals surface area contributed by atoms with Crippen LogP contribution in [0.4, 0.5) is 0 Å². The van der Waals surface area contributed by atoms with E-state index in [0.717, 1.165) is 41.0 Å². The molecular weight excluding hydrogens is 368 g/mol. The van der Waals surface area contributed by atoms with E-state index in [1.165, 1.54) is 0 Å². The summed E-state index contributed by atoms with van der Waals surface area (Å²) in [6, 6.07) is 7.34. The molecule has 0 saturated heterocycles. The summed E-state index contributed by atoms with van der Waals surface area (Å²) in [6.45, 7) is 9.64. The average molecular weight is 396 g/mol. The number of aryl methyl sites for hydroxylation is 2. The van der Waals surface area contributed by atoms with Crippen LogP contribution in [0.2, 0.25) is 0 Å². The number of carbonyl (C=O) groups is 2. The van der Waals surface area contributed by atoms with Gasteiger partial charge in [0.15, 0.2) is 5.76 Å². The van der Waals surface area contributed by atoms with Crippen LogP contribution in [0.1, 0.15) is 77.0 Å². The van der Waals surface area contributed by atoms with Crippen LogP contribution in [-0.2, 0) is 6.42 Å². The minimum Gasteiger partial charge on any atom is -0.455 e. The van der Waals surface area contributed by atoms with Crippen LogP contribution in [0.25, 0.3) is 0 Å². The Bertz CT molecular complexity index is 967. The van der Waals surface area contributed by atoms with Crippen molar-refractivity contribution in [3.05, 3.63) is 58.0 Å². The molecule has 7 heteroatoms. The third-order valence-electron chi connectivity index (χ3n) is 4.66. The molecule has 0 fully saturated rings. The molecule has 154 valence electrons. The number of nitrogens with zero attached hydrogens (tertiary/aromatic N) is 1. The Morgan fingerprint density at radius 2 is 1.86 bits per heavy atom. The first-order chi connectivity index (χ1) is 13.7. The molecule has 0 unspecified atom stereocenters. The molecule has 0 radical (unpaired) electrons. The molecule has 0 bridgehead atoms. The molecule has 7 nitrogen and oxygen atoms in total. The summed E-state index contributed by atoms with van der Waals surface area (Å²) in [7, 11) is 0. The number of furan rings is 1. The maximum absolute atomic E-state index is 12.5. The zero-order valence-corrected chi connectivity index (χ0v) is 17.6. The number of rotatable bonds is 4. The molecular formula is C22H28N4O3. The van der Waals surface area contributed by atoms with E-state index in [1.807, 2.05) is 52.8 Å². The van der Waals surface area contributed by atoms with Crippen molar-refractivity contribution < 1.29 is 14.0 Å². The van der Waals surface area contributed by atoms with Gasteiger partial charge < -0.3 is 4.42 Å². The van der Waals surface area contributed by atoms with E-state index in [1.54, 1.807) is 6.07 Å². The fourth-order valence-corrected chi connectivity index (χ4v) is 3.27. The fraction of sp³-hybridized carbons (Fsp3) is 0.409. The van der Waals surface area contributed by atoms with Gasteiger partial charge in [-0.05, 0) is 59.6 Å². The summed E-state index contributed by atoms with van der Waals surface area (Å²) in [4.78, 5) is 25.0. The van der Waals surface area contributed by atoms with Crippen molar-refractivity contribution >= 4 is 17.5 Å². The van der Waals surface area contributed by atoms with Crippen LogP contribution in [0.15, 0.2) is 33.8 Å². The molecule has 1 aromatic carbocycles. The van der Waals surface area contributed by atoms with E-state index in [4.69, 9.17) is 4.42 Å².